The predicted molar refractivity (Wildman–Crippen MR) is 65.4 cm³/mol. The van der Waals surface area contributed by atoms with E-state index in [4.69, 9.17) is 10.5 Å². The van der Waals surface area contributed by atoms with Gasteiger partial charge in [0.1, 0.15) is 0 Å². The maximum Gasteiger partial charge on any atom is 0.0521 e. The summed E-state index contributed by atoms with van der Waals surface area (Å²) in [4.78, 5) is 4.88. The summed E-state index contributed by atoms with van der Waals surface area (Å²) in [6.07, 6.45) is 2.31. The second-order valence-electron chi connectivity index (χ2n) is 5.45. The van der Waals surface area contributed by atoms with Crippen molar-refractivity contribution < 1.29 is 4.74 Å². The summed E-state index contributed by atoms with van der Waals surface area (Å²) in [5, 5.41) is 0. The third kappa shape index (κ3) is 2.94. The SMILES string of the molecule is CN(C)C1CCN(CC2COCCC2N)C1. The number of likely N-dealkylation sites (tertiary alicyclic amines) is 1. The monoisotopic (exact) mass is 227 g/mol. The van der Waals surface area contributed by atoms with E-state index in [1.54, 1.807) is 0 Å². The lowest BCUT2D eigenvalue weighted by Gasteiger charge is -2.32. The highest BCUT2D eigenvalue weighted by Gasteiger charge is 2.29. The number of hydrogen-bond acceptors (Lipinski definition) is 4. The van der Waals surface area contributed by atoms with E-state index in [1.807, 2.05) is 0 Å². The lowest BCUT2D eigenvalue weighted by Crippen LogP contribution is -2.45. The zero-order valence-electron chi connectivity index (χ0n) is 10.6. The van der Waals surface area contributed by atoms with Gasteiger partial charge in [-0.3, -0.25) is 0 Å². The van der Waals surface area contributed by atoms with Gasteiger partial charge in [-0.15, -0.1) is 0 Å². The molecule has 16 heavy (non-hydrogen) atoms. The Bertz CT molecular complexity index is 222. The average molecular weight is 227 g/mol. The molecule has 0 spiro atoms. The van der Waals surface area contributed by atoms with Crippen LogP contribution in [0.1, 0.15) is 12.8 Å². The highest BCUT2D eigenvalue weighted by Crippen LogP contribution is 2.19. The molecule has 2 aliphatic rings. The number of hydrogen-bond donors (Lipinski definition) is 1. The average Bonchev–Trinajstić information content (AvgIpc) is 2.70. The number of nitrogens with two attached hydrogens (primary N) is 1. The Balaban J connectivity index is 1.77. The van der Waals surface area contributed by atoms with Gasteiger partial charge >= 0.3 is 0 Å². The maximum atomic E-state index is 6.13. The van der Waals surface area contributed by atoms with Crippen LogP contribution in [-0.2, 0) is 4.74 Å². The van der Waals surface area contributed by atoms with E-state index >= 15 is 0 Å². The van der Waals surface area contributed by atoms with Crippen LogP contribution in [0.5, 0.6) is 0 Å². The van der Waals surface area contributed by atoms with E-state index < -0.39 is 0 Å². The molecule has 4 heteroatoms. The molecule has 0 aromatic heterocycles. The summed E-state index contributed by atoms with van der Waals surface area (Å²) in [6.45, 7) is 5.22. The Morgan fingerprint density at radius 3 is 2.81 bits per heavy atom. The number of likely N-dealkylation sites (N-methyl/N-ethyl adjacent to an activating group) is 1. The van der Waals surface area contributed by atoms with Gasteiger partial charge in [0, 0.05) is 37.7 Å². The first-order valence-corrected chi connectivity index (χ1v) is 6.39. The van der Waals surface area contributed by atoms with Crippen LogP contribution in [0.15, 0.2) is 0 Å². The molecule has 0 radical (unpaired) electrons. The van der Waals surface area contributed by atoms with Gasteiger partial charge in [-0.05, 0) is 33.5 Å². The number of rotatable bonds is 3. The van der Waals surface area contributed by atoms with E-state index in [0.717, 1.165) is 32.2 Å². The Kier molecular flexibility index (Phi) is 4.19. The Hall–Kier alpha value is -0.160. The molecule has 2 N–H and O–H groups in total. The molecule has 0 bridgehead atoms. The van der Waals surface area contributed by atoms with Gasteiger partial charge in [0.2, 0.25) is 0 Å². The molecule has 0 aromatic rings. The van der Waals surface area contributed by atoms with Crippen LogP contribution in [0.2, 0.25) is 0 Å². The third-order valence-electron chi connectivity index (χ3n) is 4.00. The predicted octanol–water partition coefficient (Wildman–Crippen LogP) is -0.0139. The molecule has 0 amide bonds. The summed E-state index contributed by atoms with van der Waals surface area (Å²) < 4.78 is 5.52. The molecule has 0 saturated carbocycles. The highest BCUT2D eigenvalue weighted by atomic mass is 16.5. The van der Waals surface area contributed by atoms with Crippen LogP contribution >= 0.6 is 0 Å². The standard InChI is InChI=1S/C12H25N3O/c1-14(2)11-3-5-15(8-11)7-10-9-16-6-4-12(10)13/h10-12H,3-9,13H2,1-2H3. The van der Waals surface area contributed by atoms with Crippen molar-refractivity contribution in [1.82, 2.24) is 9.80 Å². The molecule has 3 unspecified atom stereocenters. The minimum absolute atomic E-state index is 0.340. The van der Waals surface area contributed by atoms with Crippen LogP contribution in [0, 0.1) is 5.92 Å². The molecular formula is C12H25N3O. The van der Waals surface area contributed by atoms with Gasteiger partial charge in [-0.25, -0.2) is 0 Å². The van der Waals surface area contributed by atoms with Crippen molar-refractivity contribution in [1.29, 1.82) is 0 Å². The Morgan fingerprint density at radius 1 is 1.38 bits per heavy atom. The molecule has 0 aliphatic carbocycles. The topological polar surface area (TPSA) is 41.7 Å². The fraction of sp³-hybridized carbons (Fsp3) is 1.00. The summed E-state index contributed by atoms with van der Waals surface area (Å²) in [7, 11) is 4.34. The minimum atomic E-state index is 0.340. The van der Waals surface area contributed by atoms with Gasteiger partial charge in [-0.2, -0.15) is 0 Å². The third-order valence-corrected chi connectivity index (χ3v) is 4.00. The fourth-order valence-corrected chi connectivity index (χ4v) is 2.73. The lowest BCUT2D eigenvalue weighted by molar-refractivity contribution is 0.0285. The van der Waals surface area contributed by atoms with Crippen molar-refractivity contribution in [2.24, 2.45) is 11.7 Å². The normalized spacial score (nSPS) is 37.1. The van der Waals surface area contributed by atoms with Crippen LogP contribution in [0.3, 0.4) is 0 Å². The van der Waals surface area contributed by atoms with Gasteiger partial charge in [-0.1, -0.05) is 0 Å². The molecule has 2 saturated heterocycles. The lowest BCUT2D eigenvalue weighted by atomic mass is 9.96. The van der Waals surface area contributed by atoms with Crippen LogP contribution in [-0.4, -0.2) is 68.8 Å². The van der Waals surface area contributed by atoms with Crippen molar-refractivity contribution >= 4 is 0 Å². The molecule has 2 aliphatic heterocycles. The first-order chi connectivity index (χ1) is 7.66. The van der Waals surface area contributed by atoms with E-state index in [2.05, 4.69) is 23.9 Å². The summed E-state index contributed by atoms with van der Waals surface area (Å²) in [5.74, 6) is 0.537. The van der Waals surface area contributed by atoms with Crippen molar-refractivity contribution in [3.05, 3.63) is 0 Å². The molecule has 3 atom stereocenters. The quantitative estimate of drug-likeness (QED) is 0.736. The number of nitrogens with zero attached hydrogens (tertiary/aromatic N) is 2. The molecule has 2 rings (SSSR count). The van der Waals surface area contributed by atoms with E-state index in [-0.39, 0.29) is 0 Å². The Labute approximate surface area is 98.7 Å². The van der Waals surface area contributed by atoms with Gasteiger partial charge in [0.15, 0.2) is 0 Å². The molecular weight excluding hydrogens is 202 g/mol. The Morgan fingerprint density at radius 2 is 2.19 bits per heavy atom. The molecule has 0 aromatic carbocycles. The van der Waals surface area contributed by atoms with Gasteiger partial charge in [0.25, 0.3) is 0 Å². The van der Waals surface area contributed by atoms with E-state index in [9.17, 15) is 0 Å². The molecule has 2 heterocycles. The van der Waals surface area contributed by atoms with Gasteiger partial charge < -0.3 is 20.3 Å². The second-order valence-corrected chi connectivity index (χ2v) is 5.45. The summed E-state index contributed by atoms with van der Waals surface area (Å²) in [5.41, 5.74) is 6.13. The largest absolute Gasteiger partial charge is 0.381 e. The van der Waals surface area contributed by atoms with Crippen molar-refractivity contribution in [3.8, 4) is 0 Å². The summed E-state index contributed by atoms with van der Waals surface area (Å²) in [6, 6.07) is 1.06. The zero-order chi connectivity index (χ0) is 11.5. The fourth-order valence-electron chi connectivity index (χ4n) is 2.73. The minimum Gasteiger partial charge on any atom is -0.381 e. The van der Waals surface area contributed by atoms with Crippen LogP contribution in [0.25, 0.3) is 0 Å². The second kappa shape index (κ2) is 5.45. The van der Waals surface area contributed by atoms with Crippen LogP contribution in [0.4, 0.5) is 0 Å². The van der Waals surface area contributed by atoms with Crippen LogP contribution < -0.4 is 5.73 Å². The van der Waals surface area contributed by atoms with Gasteiger partial charge in [0.05, 0.1) is 6.61 Å². The first-order valence-electron chi connectivity index (χ1n) is 6.39. The van der Waals surface area contributed by atoms with Crippen molar-refractivity contribution in [2.75, 3.05) is 46.9 Å². The van der Waals surface area contributed by atoms with Crippen molar-refractivity contribution in [3.63, 3.8) is 0 Å². The van der Waals surface area contributed by atoms with Crippen molar-refractivity contribution in [2.45, 2.75) is 24.9 Å². The molecule has 4 nitrogen and oxygen atoms in total. The maximum absolute atomic E-state index is 6.13. The highest BCUT2D eigenvalue weighted by molar-refractivity contribution is 4.85. The van der Waals surface area contributed by atoms with E-state index in [0.29, 0.717) is 12.0 Å². The summed E-state index contributed by atoms with van der Waals surface area (Å²) >= 11 is 0. The first kappa shape index (κ1) is 12.3. The molecule has 2 fully saturated rings. The molecule has 94 valence electrons. The zero-order valence-corrected chi connectivity index (χ0v) is 10.6. The smallest absolute Gasteiger partial charge is 0.0521 e. The number of ether oxygens (including phenoxy) is 1. The van der Waals surface area contributed by atoms with E-state index in [1.165, 1.54) is 19.5 Å².